The van der Waals surface area contributed by atoms with E-state index in [1.165, 1.54) is 6.42 Å². The van der Waals surface area contributed by atoms with Crippen molar-refractivity contribution in [2.24, 2.45) is 0 Å². The summed E-state index contributed by atoms with van der Waals surface area (Å²) in [5.74, 6) is -2.46. The van der Waals surface area contributed by atoms with Crippen LogP contribution in [0.1, 0.15) is 86.0 Å². The van der Waals surface area contributed by atoms with Crippen LogP contribution in [-0.4, -0.2) is 73.5 Å². The maximum Gasteiger partial charge on any atom is 0.326 e. The van der Waals surface area contributed by atoms with Crippen molar-refractivity contribution in [1.29, 1.82) is 0 Å². The number of hydrogen-bond acceptors (Lipinski definition) is 12. The molecule has 15 heteroatoms. The summed E-state index contributed by atoms with van der Waals surface area (Å²) in [5, 5.41) is 15.3. The van der Waals surface area contributed by atoms with E-state index in [2.05, 4.69) is 30.6 Å². The van der Waals surface area contributed by atoms with Crippen LogP contribution >= 0.6 is 0 Å². The average Bonchev–Trinajstić information content (AvgIpc) is 3.05. The van der Waals surface area contributed by atoms with Gasteiger partial charge in [-0.15, -0.1) is 0 Å². The van der Waals surface area contributed by atoms with Crippen molar-refractivity contribution in [2.45, 2.75) is 89.4 Å². The van der Waals surface area contributed by atoms with Gasteiger partial charge in [0, 0.05) is 31.1 Å². The summed E-state index contributed by atoms with van der Waals surface area (Å²) in [6.45, 7) is 5.53. The molecule has 4 aromatic rings. The van der Waals surface area contributed by atoms with E-state index >= 15 is 0 Å². The molecule has 2 atom stereocenters. The maximum atomic E-state index is 13.6. The lowest BCUT2D eigenvalue weighted by Crippen LogP contribution is -2.52. The Labute approximate surface area is 301 Å². The first kappa shape index (κ1) is 37.4. The van der Waals surface area contributed by atoms with Crippen LogP contribution in [0.5, 0.6) is 0 Å². The minimum atomic E-state index is -1.26. The second-order valence-corrected chi connectivity index (χ2v) is 14.0. The van der Waals surface area contributed by atoms with E-state index in [4.69, 9.17) is 16.2 Å². The van der Waals surface area contributed by atoms with Crippen LogP contribution < -0.4 is 27.0 Å². The fourth-order valence-corrected chi connectivity index (χ4v) is 5.85. The molecule has 0 radical (unpaired) electrons. The predicted molar refractivity (Wildman–Crippen MR) is 195 cm³/mol. The van der Waals surface area contributed by atoms with Crippen LogP contribution in [0.3, 0.4) is 0 Å². The number of nitrogens with two attached hydrogens (primary N) is 2. The number of carbonyl (C=O) groups is 4. The molecule has 5 rings (SSSR count). The molecule has 274 valence electrons. The highest BCUT2D eigenvalue weighted by Crippen LogP contribution is 2.36. The minimum absolute atomic E-state index is 0.00753. The van der Waals surface area contributed by atoms with Crippen LogP contribution in [0.2, 0.25) is 0 Å². The number of aliphatic carboxylic acids is 1. The normalized spacial score (nSPS) is 14.2. The Morgan fingerprint density at radius 3 is 2.38 bits per heavy atom. The molecule has 1 aliphatic rings. The molecule has 0 bridgehead atoms. The zero-order chi connectivity index (χ0) is 37.6. The first-order valence-corrected chi connectivity index (χ1v) is 17.2. The number of carboxylic acids is 1. The summed E-state index contributed by atoms with van der Waals surface area (Å²) >= 11 is 0. The van der Waals surface area contributed by atoms with Crippen LogP contribution in [-0.2, 0) is 32.1 Å². The van der Waals surface area contributed by atoms with Gasteiger partial charge >= 0.3 is 11.9 Å². The third-order valence-electron chi connectivity index (χ3n) is 8.73. The van der Waals surface area contributed by atoms with Gasteiger partial charge in [-0.3, -0.25) is 14.4 Å². The number of aromatic nitrogens is 4. The second-order valence-electron chi connectivity index (χ2n) is 14.0. The molecule has 52 heavy (non-hydrogen) atoms. The number of rotatable bonds is 14. The number of carboxylic acid groups (broad SMARTS) is 1. The van der Waals surface area contributed by atoms with Gasteiger partial charge < -0.3 is 36.8 Å². The summed E-state index contributed by atoms with van der Waals surface area (Å²) in [6.07, 6.45) is 4.72. The van der Waals surface area contributed by atoms with Crippen LogP contribution in [0.15, 0.2) is 54.7 Å². The fraction of sp³-hybridized carbons (Fsp3) is 0.405. The first-order valence-electron chi connectivity index (χ1n) is 17.2. The van der Waals surface area contributed by atoms with E-state index in [9.17, 15) is 24.3 Å². The van der Waals surface area contributed by atoms with Gasteiger partial charge in [0.05, 0.1) is 18.4 Å². The van der Waals surface area contributed by atoms with E-state index in [0.717, 1.165) is 29.7 Å². The third kappa shape index (κ3) is 9.89. The molecule has 1 fully saturated rings. The average molecular weight is 712 g/mol. The largest absolute Gasteiger partial charge is 0.480 e. The standard InChI is InChI=1S/C37H45N9O6/c1-37(2,3)52-29(47)16-15-27(34(49)43-28(35(50)51)18-21-7-5-10-24(17-21)22-8-6-9-22)42-33(48)23-11-13-26(14-12-23)46(4)20-25-19-40-32-30(41-25)31(38)44-36(39)45-32/h5,7,10-14,17,19,22,27-28H,6,8-9,15-16,18,20H2,1-4H3,(H,42,48)(H,43,49)(H,50,51)(H4,38,39,40,44,45)/t27-,28-/m0/s1. The summed E-state index contributed by atoms with van der Waals surface area (Å²) in [7, 11) is 1.84. The number of carbonyl (C=O) groups excluding carboxylic acids is 3. The van der Waals surface area contributed by atoms with Crippen LogP contribution in [0, 0.1) is 0 Å². The minimum Gasteiger partial charge on any atom is -0.480 e. The number of fused-ring (bicyclic) bond motifs is 1. The number of esters is 1. The van der Waals surface area contributed by atoms with Gasteiger partial charge in [-0.25, -0.2) is 14.8 Å². The number of nitrogens with one attached hydrogen (secondary N) is 2. The Morgan fingerprint density at radius 2 is 1.73 bits per heavy atom. The molecule has 2 amide bonds. The van der Waals surface area contributed by atoms with Gasteiger partial charge in [0.1, 0.15) is 17.7 Å². The highest BCUT2D eigenvalue weighted by Gasteiger charge is 2.29. The highest BCUT2D eigenvalue weighted by molar-refractivity contribution is 5.98. The van der Waals surface area contributed by atoms with Gasteiger partial charge in [0.2, 0.25) is 11.9 Å². The van der Waals surface area contributed by atoms with E-state index in [-0.39, 0.29) is 42.2 Å². The molecular weight excluding hydrogens is 666 g/mol. The molecule has 15 nitrogen and oxygen atoms in total. The molecule has 1 aliphatic carbocycles. The second kappa shape index (κ2) is 16.0. The number of nitrogens with zero attached hydrogens (tertiary/aromatic N) is 5. The smallest absolute Gasteiger partial charge is 0.326 e. The molecule has 2 aromatic heterocycles. The van der Waals surface area contributed by atoms with E-state index in [1.54, 1.807) is 51.2 Å². The highest BCUT2D eigenvalue weighted by atomic mass is 16.6. The van der Waals surface area contributed by atoms with Gasteiger partial charge in [0.15, 0.2) is 17.0 Å². The lowest BCUT2D eigenvalue weighted by atomic mass is 9.79. The Morgan fingerprint density at radius 1 is 1.00 bits per heavy atom. The first-order chi connectivity index (χ1) is 24.6. The van der Waals surface area contributed by atoms with Gasteiger partial charge in [-0.1, -0.05) is 30.7 Å². The number of nitrogen functional groups attached to an aromatic ring is 2. The zero-order valence-corrected chi connectivity index (χ0v) is 29.8. The van der Waals surface area contributed by atoms with Crippen molar-refractivity contribution in [3.05, 3.63) is 77.1 Å². The lowest BCUT2D eigenvalue weighted by molar-refractivity contribution is -0.155. The van der Waals surface area contributed by atoms with Gasteiger partial charge in [-0.2, -0.15) is 9.97 Å². The monoisotopic (exact) mass is 711 g/mol. The van der Waals surface area contributed by atoms with E-state index < -0.39 is 41.4 Å². The Bertz CT molecular complexity index is 1940. The molecule has 1 saturated carbocycles. The number of benzene rings is 2. The van der Waals surface area contributed by atoms with Crippen molar-refractivity contribution in [1.82, 2.24) is 30.6 Å². The quantitative estimate of drug-likeness (QED) is 0.118. The zero-order valence-electron chi connectivity index (χ0n) is 29.8. The number of hydrogen-bond donors (Lipinski definition) is 5. The summed E-state index contributed by atoms with van der Waals surface area (Å²) in [5.41, 5.74) is 15.0. The van der Waals surface area contributed by atoms with Gasteiger partial charge in [0.25, 0.3) is 5.91 Å². The van der Waals surface area contributed by atoms with E-state index in [1.807, 2.05) is 36.2 Å². The van der Waals surface area contributed by atoms with Crippen molar-refractivity contribution in [2.75, 3.05) is 23.4 Å². The van der Waals surface area contributed by atoms with Crippen molar-refractivity contribution in [3.63, 3.8) is 0 Å². The molecule has 0 unspecified atom stereocenters. The number of ether oxygens (including phenoxy) is 1. The molecule has 7 N–H and O–H groups in total. The topological polar surface area (TPSA) is 229 Å². The van der Waals surface area contributed by atoms with Crippen molar-refractivity contribution >= 4 is 52.4 Å². The maximum absolute atomic E-state index is 13.6. The summed E-state index contributed by atoms with van der Waals surface area (Å²) < 4.78 is 5.40. The van der Waals surface area contributed by atoms with Gasteiger partial charge in [-0.05, 0) is 81.3 Å². The Kier molecular flexibility index (Phi) is 11.5. The molecule has 0 aliphatic heterocycles. The fourth-order valence-electron chi connectivity index (χ4n) is 5.85. The Hall–Kier alpha value is -5.86. The van der Waals surface area contributed by atoms with Crippen molar-refractivity contribution in [3.8, 4) is 0 Å². The van der Waals surface area contributed by atoms with Crippen LogP contribution in [0.25, 0.3) is 11.2 Å². The molecular formula is C37H45N9O6. The number of anilines is 3. The SMILES string of the molecule is CN(Cc1cnc2nc(N)nc(N)c2n1)c1ccc(C(=O)N[C@@H](CCC(=O)OC(C)(C)C)C(=O)N[C@@H](Cc2cccc(C3CCC3)c2)C(=O)O)cc1. The number of amides is 2. The third-order valence-corrected chi connectivity index (χ3v) is 8.73. The predicted octanol–water partition coefficient (Wildman–Crippen LogP) is 3.52. The Balaban J connectivity index is 1.26. The van der Waals surface area contributed by atoms with Crippen molar-refractivity contribution < 1.29 is 29.0 Å². The van der Waals surface area contributed by atoms with E-state index in [0.29, 0.717) is 23.7 Å². The molecule has 2 heterocycles. The summed E-state index contributed by atoms with van der Waals surface area (Å²) in [6, 6.07) is 12.0. The summed E-state index contributed by atoms with van der Waals surface area (Å²) in [4.78, 5) is 70.6. The molecule has 0 saturated heterocycles. The lowest BCUT2D eigenvalue weighted by Gasteiger charge is -2.26. The molecule has 2 aromatic carbocycles. The van der Waals surface area contributed by atoms with Crippen LogP contribution in [0.4, 0.5) is 17.5 Å². The molecule has 0 spiro atoms.